The number of carbonyl (C=O) groups excluding carboxylic acids is 2. The third kappa shape index (κ3) is 1.35. The van der Waals surface area contributed by atoms with Gasteiger partial charge in [0, 0.05) is 18.3 Å². The minimum absolute atomic E-state index is 0.236. The van der Waals surface area contributed by atoms with Gasteiger partial charge < -0.3 is 5.32 Å². The molecule has 0 bridgehead atoms. The zero-order valence-corrected chi connectivity index (χ0v) is 7.76. The zero-order valence-electron chi connectivity index (χ0n) is 7.76. The van der Waals surface area contributed by atoms with Gasteiger partial charge in [-0.2, -0.15) is 0 Å². The van der Waals surface area contributed by atoms with Gasteiger partial charge in [-0.05, 0) is 17.7 Å². The molecule has 2 amide bonds. The number of imide groups is 1. The van der Waals surface area contributed by atoms with Crippen LogP contribution in [0.5, 0.6) is 0 Å². The van der Waals surface area contributed by atoms with Gasteiger partial charge in [-0.25, -0.2) is 0 Å². The van der Waals surface area contributed by atoms with Crippen LogP contribution in [0.25, 0.3) is 0 Å². The summed E-state index contributed by atoms with van der Waals surface area (Å²) < 4.78 is 0. The van der Waals surface area contributed by atoms with Crippen molar-refractivity contribution in [3.05, 3.63) is 29.3 Å². The second-order valence-corrected chi connectivity index (χ2v) is 3.18. The van der Waals surface area contributed by atoms with Gasteiger partial charge >= 0.3 is 0 Å². The molecular formula is C10H10N2O2. The molecule has 72 valence electrons. The van der Waals surface area contributed by atoms with E-state index in [9.17, 15) is 9.59 Å². The summed E-state index contributed by atoms with van der Waals surface area (Å²) in [6.45, 7) is 0. The highest BCUT2D eigenvalue weighted by atomic mass is 16.2. The lowest BCUT2D eigenvalue weighted by Gasteiger charge is -2.15. The highest BCUT2D eigenvalue weighted by Crippen LogP contribution is 2.18. The SMILES string of the molecule is CNc1ccc2c(c1)C(=O)NC(=O)C2. The van der Waals surface area contributed by atoms with Gasteiger partial charge in [-0.1, -0.05) is 6.07 Å². The summed E-state index contributed by atoms with van der Waals surface area (Å²) in [4.78, 5) is 22.4. The molecule has 0 aromatic heterocycles. The van der Waals surface area contributed by atoms with Gasteiger partial charge in [0.15, 0.2) is 0 Å². The number of hydrogen-bond donors (Lipinski definition) is 2. The number of anilines is 1. The van der Waals surface area contributed by atoms with Crippen molar-refractivity contribution in [1.29, 1.82) is 0 Å². The van der Waals surface area contributed by atoms with Crippen molar-refractivity contribution in [2.45, 2.75) is 6.42 Å². The van der Waals surface area contributed by atoms with Crippen LogP contribution in [-0.4, -0.2) is 18.9 Å². The molecular weight excluding hydrogens is 180 g/mol. The molecule has 4 nitrogen and oxygen atoms in total. The molecule has 1 aliphatic heterocycles. The van der Waals surface area contributed by atoms with E-state index in [4.69, 9.17) is 0 Å². The fourth-order valence-corrected chi connectivity index (χ4v) is 1.51. The molecule has 0 saturated carbocycles. The predicted molar refractivity (Wildman–Crippen MR) is 52.2 cm³/mol. The zero-order chi connectivity index (χ0) is 10.1. The number of fused-ring (bicyclic) bond motifs is 1. The third-order valence-electron chi connectivity index (χ3n) is 2.25. The highest BCUT2D eigenvalue weighted by molar-refractivity contribution is 6.10. The van der Waals surface area contributed by atoms with Crippen LogP contribution in [0.1, 0.15) is 15.9 Å². The third-order valence-corrected chi connectivity index (χ3v) is 2.25. The van der Waals surface area contributed by atoms with Crippen LogP contribution in [-0.2, 0) is 11.2 Å². The van der Waals surface area contributed by atoms with Gasteiger partial charge in [0.25, 0.3) is 5.91 Å². The number of rotatable bonds is 1. The molecule has 2 N–H and O–H groups in total. The van der Waals surface area contributed by atoms with Crippen molar-refractivity contribution in [2.24, 2.45) is 0 Å². The van der Waals surface area contributed by atoms with E-state index in [1.165, 1.54) is 0 Å². The molecule has 0 atom stereocenters. The first kappa shape index (κ1) is 8.74. The topological polar surface area (TPSA) is 58.2 Å². The molecule has 0 spiro atoms. The largest absolute Gasteiger partial charge is 0.388 e. The molecule has 1 aromatic carbocycles. The molecule has 1 heterocycles. The molecule has 0 fully saturated rings. The number of benzene rings is 1. The lowest BCUT2D eigenvalue weighted by molar-refractivity contribution is -0.119. The Balaban J connectivity index is 2.49. The summed E-state index contributed by atoms with van der Waals surface area (Å²) in [6.07, 6.45) is 0.283. The second-order valence-electron chi connectivity index (χ2n) is 3.18. The van der Waals surface area contributed by atoms with Crippen LogP contribution in [0, 0.1) is 0 Å². The first-order valence-electron chi connectivity index (χ1n) is 4.35. The summed E-state index contributed by atoms with van der Waals surface area (Å²) in [5.74, 6) is -0.548. The minimum Gasteiger partial charge on any atom is -0.388 e. The standard InChI is InChI=1S/C10H10N2O2/c1-11-7-3-2-6-4-9(13)12-10(14)8(6)5-7/h2-3,5,11H,4H2,1H3,(H,12,13,14). The molecule has 0 unspecified atom stereocenters. The van der Waals surface area contributed by atoms with Crippen LogP contribution in [0.4, 0.5) is 5.69 Å². The van der Waals surface area contributed by atoms with Gasteiger partial charge in [0.1, 0.15) is 0 Å². The van der Waals surface area contributed by atoms with Crippen LogP contribution in [0.15, 0.2) is 18.2 Å². The fourth-order valence-electron chi connectivity index (χ4n) is 1.51. The molecule has 1 aromatic rings. The van der Waals surface area contributed by atoms with E-state index < -0.39 is 0 Å². The van der Waals surface area contributed by atoms with Crippen molar-refractivity contribution in [3.8, 4) is 0 Å². The number of carbonyl (C=O) groups is 2. The molecule has 0 aliphatic carbocycles. The maximum atomic E-state index is 11.4. The summed E-state index contributed by atoms with van der Waals surface area (Å²) in [6, 6.07) is 5.40. The first-order valence-corrected chi connectivity index (χ1v) is 4.35. The van der Waals surface area contributed by atoms with Crippen LogP contribution in [0.3, 0.4) is 0 Å². The van der Waals surface area contributed by atoms with Gasteiger partial charge in [-0.3, -0.25) is 14.9 Å². The van der Waals surface area contributed by atoms with Crippen molar-refractivity contribution in [1.82, 2.24) is 5.32 Å². The molecule has 0 radical (unpaired) electrons. The number of nitrogens with one attached hydrogen (secondary N) is 2. The Morgan fingerprint density at radius 3 is 2.86 bits per heavy atom. The van der Waals surface area contributed by atoms with Crippen molar-refractivity contribution in [2.75, 3.05) is 12.4 Å². The van der Waals surface area contributed by atoms with Crippen molar-refractivity contribution >= 4 is 17.5 Å². The Morgan fingerprint density at radius 2 is 2.14 bits per heavy atom. The van der Waals surface area contributed by atoms with E-state index in [1.54, 1.807) is 19.2 Å². The molecule has 1 aliphatic rings. The molecule has 2 rings (SSSR count). The highest BCUT2D eigenvalue weighted by Gasteiger charge is 2.21. The fraction of sp³-hybridized carbons (Fsp3) is 0.200. The summed E-state index contributed by atoms with van der Waals surface area (Å²) in [7, 11) is 1.79. The molecule has 0 saturated heterocycles. The lowest BCUT2D eigenvalue weighted by Crippen LogP contribution is -2.37. The Labute approximate surface area is 81.3 Å². The van der Waals surface area contributed by atoms with E-state index >= 15 is 0 Å². The quantitative estimate of drug-likeness (QED) is 0.635. The Kier molecular flexibility index (Phi) is 1.96. The maximum Gasteiger partial charge on any atom is 0.258 e. The molecule has 14 heavy (non-hydrogen) atoms. The van der Waals surface area contributed by atoms with Gasteiger partial charge in [0.2, 0.25) is 5.91 Å². The molecule has 4 heteroatoms. The Bertz CT molecular complexity index is 413. The summed E-state index contributed by atoms with van der Waals surface area (Å²) >= 11 is 0. The number of hydrogen-bond acceptors (Lipinski definition) is 3. The monoisotopic (exact) mass is 190 g/mol. The second kappa shape index (κ2) is 3.14. The normalized spacial score (nSPS) is 14.6. The predicted octanol–water partition coefficient (Wildman–Crippen LogP) is 0.541. The minimum atomic E-state index is -0.312. The van der Waals surface area contributed by atoms with Crippen molar-refractivity contribution in [3.63, 3.8) is 0 Å². The van der Waals surface area contributed by atoms with Gasteiger partial charge in [0.05, 0.1) is 6.42 Å². The summed E-state index contributed by atoms with van der Waals surface area (Å²) in [5.41, 5.74) is 2.24. The van der Waals surface area contributed by atoms with Crippen LogP contribution in [0.2, 0.25) is 0 Å². The van der Waals surface area contributed by atoms with E-state index in [-0.39, 0.29) is 18.2 Å². The summed E-state index contributed by atoms with van der Waals surface area (Å²) in [5, 5.41) is 5.23. The van der Waals surface area contributed by atoms with Crippen LogP contribution < -0.4 is 10.6 Å². The van der Waals surface area contributed by atoms with E-state index in [0.29, 0.717) is 5.56 Å². The number of amides is 2. The van der Waals surface area contributed by atoms with Gasteiger partial charge in [-0.15, -0.1) is 0 Å². The average molecular weight is 190 g/mol. The van der Waals surface area contributed by atoms with E-state index in [1.807, 2.05) is 6.07 Å². The van der Waals surface area contributed by atoms with E-state index in [0.717, 1.165) is 11.3 Å². The average Bonchev–Trinajstić information content (AvgIpc) is 2.17. The van der Waals surface area contributed by atoms with Crippen LogP contribution >= 0.6 is 0 Å². The van der Waals surface area contributed by atoms with Crippen molar-refractivity contribution < 1.29 is 9.59 Å². The first-order chi connectivity index (χ1) is 6.70. The Hall–Kier alpha value is -1.84. The maximum absolute atomic E-state index is 11.4. The smallest absolute Gasteiger partial charge is 0.258 e. The lowest BCUT2D eigenvalue weighted by atomic mass is 9.99. The Morgan fingerprint density at radius 1 is 1.36 bits per heavy atom. The van der Waals surface area contributed by atoms with E-state index in [2.05, 4.69) is 10.6 Å².